The lowest BCUT2D eigenvalue weighted by Crippen LogP contribution is -2.38. The SMILES string of the molecule is CCN(CC)c1ncc(NC(C)C)c(NC(Cc2ccccc2)C(=O)OC(C)(C)C)n1. The van der Waals surface area contributed by atoms with Crippen molar-refractivity contribution in [1.82, 2.24) is 9.97 Å². The summed E-state index contributed by atoms with van der Waals surface area (Å²) in [5.41, 5.74) is 1.22. The third kappa shape index (κ3) is 7.74. The standard InChI is InChI=1S/C24H37N5O2/c1-8-29(9-2)23-25-16-20(26-17(3)4)21(28-23)27-19(22(30)31-24(5,6)7)15-18-13-11-10-12-14-18/h10-14,16-17,19,26H,8-9,15H2,1-7H3,(H,25,27,28). The van der Waals surface area contributed by atoms with Crippen LogP contribution in [0.15, 0.2) is 36.5 Å². The maximum atomic E-state index is 13.1. The van der Waals surface area contributed by atoms with Crippen LogP contribution in [0, 0.1) is 0 Å². The van der Waals surface area contributed by atoms with E-state index in [-0.39, 0.29) is 12.0 Å². The Morgan fingerprint density at radius 1 is 1.10 bits per heavy atom. The molecular formula is C24H37N5O2. The summed E-state index contributed by atoms with van der Waals surface area (Å²) in [4.78, 5) is 24.4. The Balaban J connectivity index is 2.41. The van der Waals surface area contributed by atoms with Crippen LogP contribution in [-0.4, -0.2) is 46.7 Å². The van der Waals surface area contributed by atoms with Crippen molar-refractivity contribution in [3.05, 3.63) is 42.1 Å². The highest BCUT2D eigenvalue weighted by molar-refractivity contribution is 5.81. The average Bonchev–Trinajstić information content (AvgIpc) is 2.69. The molecule has 0 spiro atoms. The maximum Gasteiger partial charge on any atom is 0.329 e. The molecule has 0 aliphatic heterocycles. The van der Waals surface area contributed by atoms with Crippen LogP contribution in [-0.2, 0) is 16.0 Å². The number of nitrogens with zero attached hydrogens (tertiary/aromatic N) is 3. The molecule has 2 rings (SSSR count). The van der Waals surface area contributed by atoms with Gasteiger partial charge in [0, 0.05) is 25.6 Å². The lowest BCUT2D eigenvalue weighted by atomic mass is 10.1. The number of carbonyl (C=O) groups excluding carboxylic acids is 1. The zero-order chi connectivity index (χ0) is 23.0. The molecule has 31 heavy (non-hydrogen) atoms. The summed E-state index contributed by atoms with van der Waals surface area (Å²) in [6.07, 6.45) is 2.26. The minimum Gasteiger partial charge on any atom is -0.458 e. The van der Waals surface area contributed by atoms with Gasteiger partial charge < -0.3 is 20.3 Å². The van der Waals surface area contributed by atoms with E-state index in [4.69, 9.17) is 9.72 Å². The Morgan fingerprint density at radius 3 is 2.29 bits per heavy atom. The number of nitrogens with one attached hydrogen (secondary N) is 2. The molecule has 1 heterocycles. The first-order valence-corrected chi connectivity index (χ1v) is 11.0. The lowest BCUT2D eigenvalue weighted by molar-refractivity contribution is -0.155. The molecule has 0 bridgehead atoms. The topological polar surface area (TPSA) is 79.4 Å². The summed E-state index contributed by atoms with van der Waals surface area (Å²) in [7, 11) is 0. The van der Waals surface area contributed by atoms with Crippen LogP contribution in [0.3, 0.4) is 0 Å². The van der Waals surface area contributed by atoms with Gasteiger partial charge in [-0.2, -0.15) is 4.98 Å². The highest BCUT2D eigenvalue weighted by Crippen LogP contribution is 2.24. The fourth-order valence-electron chi connectivity index (χ4n) is 3.14. The van der Waals surface area contributed by atoms with Gasteiger partial charge >= 0.3 is 5.97 Å². The number of aromatic nitrogens is 2. The van der Waals surface area contributed by atoms with Gasteiger partial charge in [0.05, 0.1) is 11.9 Å². The largest absolute Gasteiger partial charge is 0.458 e. The van der Waals surface area contributed by atoms with Crippen molar-refractivity contribution < 1.29 is 9.53 Å². The second-order valence-electron chi connectivity index (χ2n) is 8.82. The number of hydrogen-bond donors (Lipinski definition) is 2. The van der Waals surface area contributed by atoms with Crippen molar-refractivity contribution in [3.8, 4) is 0 Å². The van der Waals surface area contributed by atoms with E-state index in [1.807, 2.05) is 51.1 Å². The zero-order valence-electron chi connectivity index (χ0n) is 19.9. The van der Waals surface area contributed by atoms with Gasteiger partial charge in [-0.3, -0.25) is 0 Å². The van der Waals surface area contributed by atoms with Crippen molar-refractivity contribution in [3.63, 3.8) is 0 Å². The second kappa shape index (κ2) is 11.0. The van der Waals surface area contributed by atoms with Crippen molar-refractivity contribution in [2.45, 2.75) is 72.6 Å². The molecule has 1 aromatic heterocycles. The van der Waals surface area contributed by atoms with Crippen LogP contribution in [0.25, 0.3) is 0 Å². The molecule has 170 valence electrons. The summed E-state index contributed by atoms with van der Waals surface area (Å²) >= 11 is 0. The molecule has 0 fully saturated rings. The molecule has 1 atom stereocenters. The van der Waals surface area contributed by atoms with Crippen LogP contribution in [0.1, 0.15) is 54.0 Å². The van der Waals surface area contributed by atoms with E-state index < -0.39 is 11.6 Å². The molecule has 0 aliphatic carbocycles. The van der Waals surface area contributed by atoms with E-state index in [9.17, 15) is 4.79 Å². The van der Waals surface area contributed by atoms with Crippen LogP contribution in [0.4, 0.5) is 17.5 Å². The Bertz CT molecular complexity index is 830. The summed E-state index contributed by atoms with van der Waals surface area (Å²) in [6, 6.07) is 9.52. The summed E-state index contributed by atoms with van der Waals surface area (Å²) in [6.45, 7) is 15.5. The van der Waals surface area contributed by atoms with Crippen LogP contribution < -0.4 is 15.5 Å². The molecule has 7 heteroatoms. The molecule has 0 radical (unpaired) electrons. The van der Waals surface area contributed by atoms with E-state index in [1.165, 1.54) is 0 Å². The molecule has 2 aromatic rings. The molecule has 2 N–H and O–H groups in total. The van der Waals surface area contributed by atoms with Crippen molar-refractivity contribution in [1.29, 1.82) is 0 Å². The Labute approximate surface area is 186 Å². The monoisotopic (exact) mass is 427 g/mol. The van der Waals surface area contributed by atoms with E-state index in [1.54, 1.807) is 6.20 Å². The molecule has 0 amide bonds. The van der Waals surface area contributed by atoms with Crippen molar-refractivity contribution in [2.75, 3.05) is 28.6 Å². The smallest absolute Gasteiger partial charge is 0.329 e. The number of carbonyl (C=O) groups is 1. The van der Waals surface area contributed by atoms with Gasteiger partial charge in [-0.05, 0) is 54.0 Å². The van der Waals surface area contributed by atoms with E-state index >= 15 is 0 Å². The summed E-state index contributed by atoms with van der Waals surface area (Å²) in [5, 5.41) is 6.73. The Kier molecular flexibility index (Phi) is 8.65. The van der Waals surface area contributed by atoms with E-state index in [0.717, 1.165) is 24.3 Å². The number of ether oxygens (including phenoxy) is 1. The molecule has 0 aliphatic rings. The molecule has 0 saturated heterocycles. The minimum atomic E-state index is -0.589. The van der Waals surface area contributed by atoms with Gasteiger partial charge in [-0.25, -0.2) is 9.78 Å². The van der Waals surface area contributed by atoms with Crippen molar-refractivity contribution in [2.24, 2.45) is 0 Å². The van der Waals surface area contributed by atoms with Gasteiger partial charge in [0.1, 0.15) is 11.6 Å². The fraction of sp³-hybridized carbons (Fsp3) is 0.542. The number of benzene rings is 1. The number of anilines is 3. The van der Waals surface area contributed by atoms with Crippen LogP contribution in [0.5, 0.6) is 0 Å². The third-order valence-corrected chi connectivity index (χ3v) is 4.55. The minimum absolute atomic E-state index is 0.192. The van der Waals surface area contributed by atoms with Gasteiger partial charge in [0.15, 0.2) is 5.82 Å². The van der Waals surface area contributed by atoms with Gasteiger partial charge in [0.2, 0.25) is 5.95 Å². The van der Waals surface area contributed by atoms with Crippen LogP contribution in [0.2, 0.25) is 0 Å². The van der Waals surface area contributed by atoms with E-state index in [2.05, 4.69) is 48.2 Å². The normalized spacial score (nSPS) is 12.4. The highest BCUT2D eigenvalue weighted by atomic mass is 16.6. The predicted octanol–water partition coefficient (Wildman–Crippen LogP) is 4.51. The first-order valence-electron chi connectivity index (χ1n) is 11.0. The first-order chi connectivity index (χ1) is 14.6. The molecule has 1 aromatic carbocycles. The molecule has 1 unspecified atom stereocenters. The van der Waals surface area contributed by atoms with Gasteiger partial charge in [0.25, 0.3) is 0 Å². The van der Waals surface area contributed by atoms with Crippen molar-refractivity contribution >= 4 is 23.4 Å². The fourth-order valence-corrected chi connectivity index (χ4v) is 3.14. The average molecular weight is 428 g/mol. The highest BCUT2D eigenvalue weighted by Gasteiger charge is 2.27. The number of rotatable bonds is 10. The zero-order valence-corrected chi connectivity index (χ0v) is 19.9. The van der Waals surface area contributed by atoms with Gasteiger partial charge in [-0.1, -0.05) is 30.3 Å². The number of hydrogen-bond acceptors (Lipinski definition) is 7. The summed E-state index contributed by atoms with van der Waals surface area (Å²) < 4.78 is 5.71. The molecular weight excluding hydrogens is 390 g/mol. The first kappa shape index (κ1) is 24.4. The Morgan fingerprint density at radius 2 is 1.74 bits per heavy atom. The predicted molar refractivity (Wildman–Crippen MR) is 128 cm³/mol. The van der Waals surface area contributed by atoms with E-state index in [0.29, 0.717) is 18.2 Å². The maximum absolute atomic E-state index is 13.1. The van der Waals surface area contributed by atoms with Crippen LogP contribution >= 0.6 is 0 Å². The third-order valence-electron chi connectivity index (χ3n) is 4.55. The second-order valence-corrected chi connectivity index (χ2v) is 8.82. The lowest BCUT2D eigenvalue weighted by Gasteiger charge is -2.27. The molecule has 0 saturated carbocycles. The Hall–Kier alpha value is -2.83. The summed E-state index contributed by atoms with van der Waals surface area (Å²) in [5.74, 6) is 0.914. The quantitative estimate of drug-likeness (QED) is 0.540. The number of esters is 1. The molecule has 7 nitrogen and oxygen atoms in total. The van der Waals surface area contributed by atoms with Gasteiger partial charge in [-0.15, -0.1) is 0 Å².